The molecule has 18 heavy (non-hydrogen) atoms. The van der Waals surface area contributed by atoms with E-state index in [0.717, 1.165) is 43.4 Å². The Bertz CT molecular complexity index is 451. The van der Waals surface area contributed by atoms with Gasteiger partial charge in [0.05, 0.1) is 6.10 Å². The van der Waals surface area contributed by atoms with Crippen LogP contribution >= 0.6 is 0 Å². The first kappa shape index (κ1) is 11.7. The summed E-state index contributed by atoms with van der Waals surface area (Å²) in [6.45, 7) is 3.85. The molecule has 3 unspecified atom stereocenters. The average Bonchev–Trinajstić information content (AvgIpc) is 2.91. The van der Waals surface area contributed by atoms with E-state index in [1.165, 1.54) is 0 Å². The van der Waals surface area contributed by atoms with Gasteiger partial charge in [0.1, 0.15) is 17.5 Å². The summed E-state index contributed by atoms with van der Waals surface area (Å²) in [5.74, 6) is 3.68. The Balaban J connectivity index is 1.82. The first-order chi connectivity index (χ1) is 8.67. The number of hydrogen-bond donors (Lipinski definition) is 2. The standard InChI is InChI=1S/C13H20N4O/c1-8-15-12(14-2)5-13(16-8)17-6-9-3-4-11(18)10(9)7-17/h5,9-11,18H,3-4,6-7H2,1-2H3,(H,14,15,16). The van der Waals surface area contributed by atoms with E-state index in [1.54, 1.807) is 0 Å². The van der Waals surface area contributed by atoms with Gasteiger partial charge >= 0.3 is 0 Å². The van der Waals surface area contributed by atoms with Crippen molar-refractivity contribution in [3.63, 3.8) is 0 Å². The fourth-order valence-electron chi connectivity index (χ4n) is 3.27. The highest BCUT2D eigenvalue weighted by atomic mass is 16.3. The molecule has 98 valence electrons. The number of aromatic nitrogens is 2. The SMILES string of the molecule is CNc1cc(N2CC3CCC(O)C3C2)nc(C)n1. The molecule has 2 fully saturated rings. The fraction of sp³-hybridized carbons (Fsp3) is 0.692. The molecule has 3 atom stereocenters. The van der Waals surface area contributed by atoms with Crippen LogP contribution in [0.2, 0.25) is 0 Å². The second kappa shape index (κ2) is 4.39. The van der Waals surface area contributed by atoms with Crippen LogP contribution in [0.4, 0.5) is 11.6 Å². The molecule has 1 saturated carbocycles. The number of aryl methyl sites for hydroxylation is 1. The largest absolute Gasteiger partial charge is 0.393 e. The molecular weight excluding hydrogens is 228 g/mol. The molecule has 2 aliphatic rings. The summed E-state index contributed by atoms with van der Waals surface area (Å²) in [4.78, 5) is 11.1. The Morgan fingerprint density at radius 1 is 1.33 bits per heavy atom. The van der Waals surface area contributed by atoms with Crippen LogP contribution in [0, 0.1) is 18.8 Å². The lowest BCUT2D eigenvalue weighted by Gasteiger charge is -2.20. The van der Waals surface area contributed by atoms with Gasteiger partial charge in [0, 0.05) is 32.1 Å². The molecule has 1 aliphatic carbocycles. The third kappa shape index (κ3) is 1.92. The summed E-state index contributed by atoms with van der Waals surface area (Å²) < 4.78 is 0. The van der Waals surface area contributed by atoms with E-state index in [1.807, 2.05) is 20.0 Å². The second-order valence-electron chi connectivity index (χ2n) is 5.38. The van der Waals surface area contributed by atoms with Gasteiger partial charge in [-0.05, 0) is 25.7 Å². The summed E-state index contributed by atoms with van der Waals surface area (Å²) in [5.41, 5.74) is 0. The Hall–Kier alpha value is -1.36. The van der Waals surface area contributed by atoms with Crippen molar-refractivity contribution >= 4 is 11.6 Å². The first-order valence-corrected chi connectivity index (χ1v) is 6.64. The van der Waals surface area contributed by atoms with Gasteiger partial charge in [-0.1, -0.05) is 0 Å². The van der Waals surface area contributed by atoms with Gasteiger partial charge in [0.2, 0.25) is 0 Å². The van der Waals surface area contributed by atoms with Crippen molar-refractivity contribution < 1.29 is 5.11 Å². The van der Waals surface area contributed by atoms with Crippen molar-refractivity contribution in [3.8, 4) is 0 Å². The Morgan fingerprint density at radius 2 is 2.17 bits per heavy atom. The minimum absolute atomic E-state index is 0.119. The Morgan fingerprint density at radius 3 is 2.89 bits per heavy atom. The van der Waals surface area contributed by atoms with Crippen LogP contribution in [0.5, 0.6) is 0 Å². The van der Waals surface area contributed by atoms with E-state index in [4.69, 9.17) is 0 Å². The lowest BCUT2D eigenvalue weighted by atomic mass is 10.00. The fourth-order valence-corrected chi connectivity index (χ4v) is 3.27. The summed E-state index contributed by atoms with van der Waals surface area (Å²) >= 11 is 0. The van der Waals surface area contributed by atoms with Crippen LogP contribution in [0.25, 0.3) is 0 Å². The number of nitrogens with one attached hydrogen (secondary N) is 1. The zero-order valence-electron chi connectivity index (χ0n) is 10.9. The molecule has 3 rings (SSSR count). The van der Waals surface area contributed by atoms with Gasteiger partial charge < -0.3 is 15.3 Å². The van der Waals surface area contributed by atoms with Gasteiger partial charge in [0.15, 0.2) is 0 Å². The molecule has 1 saturated heterocycles. The van der Waals surface area contributed by atoms with E-state index < -0.39 is 0 Å². The molecule has 1 aliphatic heterocycles. The normalized spacial score (nSPS) is 30.6. The van der Waals surface area contributed by atoms with E-state index in [-0.39, 0.29) is 6.10 Å². The van der Waals surface area contributed by atoms with Gasteiger partial charge in [0.25, 0.3) is 0 Å². The Labute approximate surface area is 107 Å². The monoisotopic (exact) mass is 248 g/mol. The number of rotatable bonds is 2. The second-order valence-corrected chi connectivity index (χ2v) is 5.38. The maximum atomic E-state index is 9.95. The topological polar surface area (TPSA) is 61.3 Å². The molecule has 5 heteroatoms. The molecule has 0 spiro atoms. The smallest absolute Gasteiger partial charge is 0.134 e. The maximum absolute atomic E-state index is 9.95. The highest BCUT2D eigenvalue weighted by molar-refractivity contribution is 5.50. The van der Waals surface area contributed by atoms with Crippen LogP contribution in [0.3, 0.4) is 0 Å². The molecule has 1 aromatic rings. The molecule has 0 aromatic carbocycles. The van der Waals surface area contributed by atoms with Crippen molar-refractivity contribution in [1.29, 1.82) is 0 Å². The quantitative estimate of drug-likeness (QED) is 0.818. The minimum atomic E-state index is -0.119. The average molecular weight is 248 g/mol. The van der Waals surface area contributed by atoms with Crippen LogP contribution in [0.15, 0.2) is 6.07 Å². The molecule has 2 heterocycles. The highest BCUT2D eigenvalue weighted by Gasteiger charge is 2.42. The number of anilines is 2. The maximum Gasteiger partial charge on any atom is 0.134 e. The molecule has 5 nitrogen and oxygen atoms in total. The molecule has 0 amide bonds. The first-order valence-electron chi connectivity index (χ1n) is 6.64. The summed E-state index contributed by atoms with van der Waals surface area (Å²) in [6.07, 6.45) is 1.99. The molecule has 2 N–H and O–H groups in total. The molecule has 0 radical (unpaired) electrons. The summed E-state index contributed by atoms with van der Waals surface area (Å²) in [5, 5.41) is 13.0. The molecule has 1 aromatic heterocycles. The van der Waals surface area contributed by atoms with Gasteiger partial charge in [-0.3, -0.25) is 0 Å². The predicted molar refractivity (Wildman–Crippen MR) is 70.7 cm³/mol. The number of aliphatic hydroxyl groups is 1. The van der Waals surface area contributed by atoms with Crippen molar-refractivity contribution in [1.82, 2.24) is 9.97 Å². The number of fused-ring (bicyclic) bond motifs is 1. The molecule has 0 bridgehead atoms. The predicted octanol–water partition coefficient (Wildman–Crippen LogP) is 1.03. The number of aliphatic hydroxyl groups excluding tert-OH is 1. The molecular formula is C13H20N4O. The zero-order chi connectivity index (χ0) is 12.7. The minimum Gasteiger partial charge on any atom is -0.393 e. The van der Waals surface area contributed by atoms with Crippen LogP contribution in [-0.2, 0) is 0 Å². The van der Waals surface area contributed by atoms with Gasteiger partial charge in [-0.15, -0.1) is 0 Å². The van der Waals surface area contributed by atoms with Crippen molar-refractivity contribution in [3.05, 3.63) is 11.9 Å². The van der Waals surface area contributed by atoms with E-state index in [2.05, 4.69) is 20.2 Å². The van der Waals surface area contributed by atoms with Crippen molar-refractivity contribution in [2.75, 3.05) is 30.4 Å². The van der Waals surface area contributed by atoms with Crippen LogP contribution < -0.4 is 10.2 Å². The zero-order valence-corrected chi connectivity index (χ0v) is 10.9. The van der Waals surface area contributed by atoms with Crippen LogP contribution in [0.1, 0.15) is 18.7 Å². The highest BCUT2D eigenvalue weighted by Crippen LogP contribution is 2.39. The number of hydrogen-bond acceptors (Lipinski definition) is 5. The van der Waals surface area contributed by atoms with Gasteiger partial charge in [-0.2, -0.15) is 0 Å². The summed E-state index contributed by atoms with van der Waals surface area (Å²) in [7, 11) is 1.87. The Kier molecular flexibility index (Phi) is 2.86. The van der Waals surface area contributed by atoms with Crippen LogP contribution in [-0.4, -0.2) is 41.3 Å². The number of nitrogens with zero attached hydrogens (tertiary/aromatic N) is 3. The van der Waals surface area contributed by atoms with E-state index in [9.17, 15) is 5.11 Å². The summed E-state index contributed by atoms with van der Waals surface area (Å²) in [6, 6.07) is 1.99. The van der Waals surface area contributed by atoms with E-state index in [0.29, 0.717) is 11.8 Å². The lowest BCUT2D eigenvalue weighted by molar-refractivity contribution is 0.133. The van der Waals surface area contributed by atoms with Crippen molar-refractivity contribution in [2.45, 2.75) is 25.9 Å². The lowest BCUT2D eigenvalue weighted by Crippen LogP contribution is -2.25. The van der Waals surface area contributed by atoms with Gasteiger partial charge in [-0.25, -0.2) is 9.97 Å². The third-order valence-corrected chi connectivity index (χ3v) is 4.22. The van der Waals surface area contributed by atoms with Crippen molar-refractivity contribution in [2.24, 2.45) is 11.8 Å². The third-order valence-electron chi connectivity index (χ3n) is 4.22. The van der Waals surface area contributed by atoms with E-state index >= 15 is 0 Å².